The topological polar surface area (TPSA) is 28.7 Å². The number of rotatable bonds is 6. The Labute approximate surface area is 196 Å². The van der Waals surface area contributed by atoms with Crippen molar-refractivity contribution < 1.29 is 0 Å². The van der Waals surface area contributed by atoms with Crippen LogP contribution in [0.5, 0.6) is 0 Å². The van der Waals surface area contributed by atoms with Gasteiger partial charge in [0.05, 0.1) is 17.3 Å². The van der Waals surface area contributed by atoms with Gasteiger partial charge >= 0.3 is 0 Å². The molecule has 0 radical (unpaired) electrons. The molecule has 0 aliphatic heterocycles. The van der Waals surface area contributed by atoms with Gasteiger partial charge in [0.25, 0.3) is 0 Å². The molecule has 33 heavy (non-hydrogen) atoms. The van der Waals surface area contributed by atoms with Gasteiger partial charge in [-0.15, -0.1) is 0 Å². The van der Waals surface area contributed by atoms with Crippen LogP contribution in [0.4, 0.5) is 0 Å². The van der Waals surface area contributed by atoms with Crippen molar-refractivity contribution in [3.8, 4) is 6.07 Å². The molecule has 3 heteroatoms. The third-order valence-electron chi connectivity index (χ3n) is 6.43. The summed E-state index contributed by atoms with van der Waals surface area (Å²) in [6.45, 7) is 3.06. The van der Waals surface area contributed by atoms with E-state index in [1.54, 1.807) is 0 Å². The van der Waals surface area contributed by atoms with Crippen molar-refractivity contribution in [3.05, 3.63) is 127 Å². The number of aryl methyl sites for hydroxylation is 1. The predicted octanol–water partition coefficient (Wildman–Crippen LogP) is 6.03. The maximum Gasteiger partial charge on any atom is 0.118 e. The molecule has 1 aromatic heterocycles. The van der Waals surface area contributed by atoms with Crippen molar-refractivity contribution in [2.75, 3.05) is 0 Å². The first-order valence-electron chi connectivity index (χ1n) is 11.3. The first-order valence-corrected chi connectivity index (χ1v) is 13.3. The highest BCUT2D eigenvalue weighted by atomic mass is 31.2. The fourth-order valence-corrected chi connectivity index (χ4v) is 9.13. The lowest BCUT2D eigenvalue weighted by atomic mass is 10.2. The van der Waals surface area contributed by atoms with E-state index in [2.05, 4.69) is 121 Å². The number of benzene rings is 4. The van der Waals surface area contributed by atoms with E-state index in [0.29, 0.717) is 5.56 Å². The summed E-state index contributed by atoms with van der Waals surface area (Å²) in [6, 6.07) is 43.6. The number of nitriles is 1. The second-order valence-corrected chi connectivity index (χ2v) is 11.7. The SMILES string of the molecule is CCn1c(C[P+](c2ccccc2)(c2ccccc2)c2ccccc2)cc2ccc(C#N)cc21. The Morgan fingerprint density at radius 3 is 1.67 bits per heavy atom. The van der Waals surface area contributed by atoms with E-state index < -0.39 is 7.26 Å². The van der Waals surface area contributed by atoms with Crippen molar-refractivity contribution >= 4 is 34.1 Å². The van der Waals surface area contributed by atoms with Crippen LogP contribution in [0.3, 0.4) is 0 Å². The zero-order valence-corrected chi connectivity index (χ0v) is 19.6. The Hall–Kier alpha value is -3.66. The van der Waals surface area contributed by atoms with Crippen LogP contribution in [0.1, 0.15) is 18.2 Å². The van der Waals surface area contributed by atoms with Crippen LogP contribution < -0.4 is 15.9 Å². The van der Waals surface area contributed by atoms with Crippen molar-refractivity contribution in [3.63, 3.8) is 0 Å². The summed E-state index contributed by atoms with van der Waals surface area (Å²) in [6.07, 6.45) is 0.926. The molecule has 0 atom stereocenters. The normalized spacial score (nSPS) is 11.4. The molecule has 5 aromatic rings. The monoisotopic (exact) mass is 445 g/mol. The van der Waals surface area contributed by atoms with Crippen molar-refractivity contribution in [1.29, 1.82) is 5.26 Å². The highest BCUT2D eigenvalue weighted by Gasteiger charge is 2.46. The second-order valence-electron chi connectivity index (χ2n) is 8.24. The van der Waals surface area contributed by atoms with Crippen LogP contribution in [0, 0.1) is 11.3 Å². The lowest BCUT2D eigenvalue weighted by Gasteiger charge is -2.28. The second kappa shape index (κ2) is 9.07. The number of nitrogens with zero attached hydrogens (tertiary/aromatic N) is 2. The molecule has 0 aliphatic rings. The molecule has 160 valence electrons. The molecule has 0 saturated carbocycles. The minimum atomic E-state index is -1.98. The molecule has 0 amide bonds. The number of hydrogen-bond acceptors (Lipinski definition) is 1. The van der Waals surface area contributed by atoms with E-state index >= 15 is 0 Å². The first-order chi connectivity index (χ1) is 16.3. The summed E-state index contributed by atoms with van der Waals surface area (Å²) in [5.41, 5.74) is 3.16. The molecule has 1 heterocycles. The van der Waals surface area contributed by atoms with Crippen molar-refractivity contribution in [2.45, 2.75) is 19.6 Å². The molecular formula is C30H26N2P+. The molecule has 5 rings (SSSR count). The molecular weight excluding hydrogens is 419 g/mol. The summed E-state index contributed by atoms with van der Waals surface area (Å²) in [5.74, 6) is 0. The molecule has 0 fully saturated rings. The third kappa shape index (κ3) is 3.76. The van der Waals surface area contributed by atoms with Gasteiger partial charge in [-0.2, -0.15) is 5.26 Å². The molecule has 0 spiro atoms. The maximum atomic E-state index is 9.45. The molecule has 0 aliphatic carbocycles. The van der Waals surface area contributed by atoms with Gasteiger partial charge in [0.1, 0.15) is 29.3 Å². The average molecular weight is 446 g/mol. The fraction of sp³-hybridized carbons (Fsp3) is 0.100. The zero-order chi connectivity index (χ0) is 22.7. The van der Waals surface area contributed by atoms with Crippen LogP contribution in [0.2, 0.25) is 0 Å². The van der Waals surface area contributed by atoms with Crippen molar-refractivity contribution in [2.24, 2.45) is 0 Å². The Morgan fingerprint density at radius 1 is 0.697 bits per heavy atom. The number of aromatic nitrogens is 1. The lowest BCUT2D eigenvalue weighted by Crippen LogP contribution is -2.33. The summed E-state index contributed by atoms with van der Waals surface area (Å²) in [5, 5.41) is 14.8. The molecule has 2 nitrogen and oxygen atoms in total. The zero-order valence-electron chi connectivity index (χ0n) is 18.7. The average Bonchev–Trinajstić information content (AvgIpc) is 3.24. The minimum Gasteiger partial charge on any atom is -0.342 e. The van der Waals surface area contributed by atoms with Gasteiger partial charge < -0.3 is 4.57 Å². The van der Waals surface area contributed by atoms with E-state index in [1.807, 2.05) is 12.1 Å². The standard InChI is InChI=1S/C30H26N2P/c1-2-32-26(21-25-19-18-24(22-31)20-30(25)32)23-33(27-12-6-3-7-13-27,28-14-8-4-9-15-28)29-16-10-5-11-17-29/h3-21H,2,23H2,1H3/q+1. The molecule has 0 bridgehead atoms. The summed E-state index contributed by atoms with van der Waals surface area (Å²) < 4.78 is 2.39. The Kier molecular flexibility index (Phi) is 5.82. The van der Waals surface area contributed by atoms with E-state index in [1.165, 1.54) is 27.0 Å². The number of hydrogen-bond donors (Lipinski definition) is 0. The molecule has 0 N–H and O–H groups in total. The van der Waals surface area contributed by atoms with Crippen LogP contribution in [-0.2, 0) is 12.7 Å². The predicted molar refractivity (Wildman–Crippen MR) is 141 cm³/mol. The van der Waals surface area contributed by atoms with Crippen LogP contribution in [-0.4, -0.2) is 4.57 Å². The summed E-state index contributed by atoms with van der Waals surface area (Å²) >= 11 is 0. The first kappa shape index (κ1) is 21.2. The van der Waals surface area contributed by atoms with Gasteiger partial charge in [0.15, 0.2) is 0 Å². The smallest absolute Gasteiger partial charge is 0.118 e. The fourth-order valence-electron chi connectivity index (χ4n) is 4.90. The van der Waals surface area contributed by atoms with Crippen LogP contribution in [0.15, 0.2) is 115 Å². The minimum absolute atomic E-state index is 0.706. The van der Waals surface area contributed by atoms with Gasteiger partial charge in [-0.25, -0.2) is 0 Å². The van der Waals surface area contributed by atoms with E-state index in [-0.39, 0.29) is 0 Å². The highest BCUT2D eigenvalue weighted by molar-refractivity contribution is 7.95. The lowest BCUT2D eigenvalue weighted by molar-refractivity contribution is 0.764. The Morgan fingerprint density at radius 2 is 1.21 bits per heavy atom. The third-order valence-corrected chi connectivity index (χ3v) is 10.8. The van der Waals surface area contributed by atoms with Crippen LogP contribution in [0.25, 0.3) is 10.9 Å². The summed E-state index contributed by atoms with van der Waals surface area (Å²) in [4.78, 5) is 0. The highest BCUT2D eigenvalue weighted by Crippen LogP contribution is 2.58. The van der Waals surface area contributed by atoms with Crippen molar-refractivity contribution in [1.82, 2.24) is 4.57 Å². The molecule has 0 unspecified atom stereocenters. The van der Waals surface area contributed by atoms with Gasteiger partial charge in [-0.3, -0.25) is 0 Å². The van der Waals surface area contributed by atoms with Gasteiger partial charge in [0, 0.05) is 17.4 Å². The van der Waals surface area contributed by atoms with Gasteiger partial charge in [-0.05, 0) is 61.5 Å². The van der Waals surface area contributed by atoms with E-state index in [0.717, 1.165) is 18.2 Å². The summed E-state index contributed by atoms with van der Waals surface area (Å²) in [7, 11) is -1.98. The molecule has 0 saturated heterocycles. The maximum absolute atomic E-state index is 9.45. The Balaban J connectivity index is 1.80. The van der Waals surface area contributed by atoms with Gasteiger partial charge in [0.2, 0.25) is 0 Å². The Bertz CT molecular complexity index is 1320. The quantitative estimate of drug-likeness (QED) is 0.294. The van der Waals surface area contributed by atoms with Crippen LogP contribution >= 0.6 is 7.26 Å². The molecule has 4 aromatic carbocycles. The van der Waals surface area contributed by atoms with E-state index in [4.69, 9.17) is 0 Å². The number of fused-ring (bicyclic) bond motifs is 1. The largest absolute Gasteiger partial charge is 0.342 e. The van der Waals surface area contributed by atoms with E-state index in [9.17, 15) is 5.26 Å². The van der Waals surface area contributed by atoms with Gasteiger partial charge in [-0.1, -0.05) is 60.7 Å².